The Morgan fingerprint density at radius 1 is 1.35 bits per heavy atom. The highest BCUT2D eigenvalue weighted by Crippen LogP contribution is 2.19. The zero-order valence-electron chi connectivity index (χ0n) is 12.2. The highest BCUT2D eigenvalue weighted by molar-refractivity contribution is 7.91. The number of carbonyl (C=O) groups is 1. The number of nitrogens with zero attached hydrogens (tertiary/aromatic N) is 1. The highest BCUT2D eigenvalue weighted by Gasteiger charge is 2.34. The lowest BCUT2D eigenvalue weighted by molar-refractivity contribution is -0.133. The van der Waals surface area contributed by atoms with Crippen LogP contribution in [-0.4, -0.2) is 63.6 Å². The first-order valence-electron chi connectivity index (χ1n) is 7.19. The molecule has 20 heavy (non-hydrogen) atoms. The molecular weight excluding hydrogens is 280 g/mol. The first-order chi connectivity index (χ1) is 9.50. The lowest BCUT2D eigenvalue weighted by Gasteiger charge is -2.28. The van der Waals surface area contributed by atoms with Crippen molar-refractivity contribution >= 4 is 15.7 Å². The van der Waals surface area contributed by atoms with Crippen LogP contribution in [0.5, 0.6) is 0 Å². The third-order valence-electron chi connectivity index (χ3n) is 3.60. The molecule has 0 spiro atoms. The Balaban J connectivity index is 2.52. The van der Waals surface area contributed by atoms with E-state index in [1.807, 2.05) is 0 Å². The van der Waals surface area contributed by atoms with E-state index in [9.17, 15) is 13.2 Å². The minimum absolute atomic E-state index is 0.0289. The number of nitrogens with two attached hydrogens (primary N) is 1. The number of rotatable bonds is 9. The first-order valence-corrected chi connectivity index (χ1v) is 9.01. The van der Waals surface area contributed by atoms with E-state index in [0.29, 0.717) is 32.5 Å². The Kier molecular flexibility index (Phi) is 7.47. The van der Waals surface area contributed by atoms with Crippen molar-refractivity contribution in [3.05, 3.63) is 0 Å². The molecule has 1 aliphatic heterocycles. The molecule has 1 saturated heterocycles. The number of ether oxygens (including phenoxy) is 1. The Morgan fingerprint density at radius 3 is 2.65 bits per heavy atom. The number of methoxy groups -OCH3 is 1. The summed E-state index contributed by atoms with van der Waals surface area (Å²) in [6.45, 7) is 1.54. The van der Waals surface area contributed by atoms with Crippen molar-refractivity contribution in [1.82, 2.24) is 4.90 Å². The van der Waals surface area contributed by atoms with Gasteiger partial charge in [0, 0.05) is 26.1 Å². The molecule has 0 aliphatic carbocycles. The monoisotopic (exact) mass is 306 g/mol. The van der Waals surface area contributed by atoms with Crippen LogP contribution in [0.4, 0.5) is 0 Å². The average Bonchev–Trinajstić information content (AvgIpc) is 2.75. The van der Waals surface area contributed by atoms with Gasteiger partial charge >= 0.3 is 0 Å². The van der Waals surface area contributed by atoms with Crippen LogP contribution in [0.1, 0.15) is 32.1 Å². The number of sulfone groups is 1. The molecule has 1 atom stereocenters. The molecule has 0 radical (unpaired) electrons. The Morgan fingerprint density at radius 2 is 2.10 bits per heavy atom. The van der Waals surface area contributed by atoms with Gasteiger partial charge in [-0.1, -0.05) is 6.42 Å². The van der Waals surface area contributed by atoms with E-state index in [-0.39, 0.29) is 23.5 Å². The SMILES string of the molecule is COCCN(C(=O)CCCCCN)C1CCS(=O)(=O)C1. The Labute approximate surface area is 121 Å². The fraction of sp³-hybridized carbons (Fsp3) is 0.923. The molecule has 0 bridgehead atoms. The minimum atomic E-state index is -2.98. The molecule has 1 unspecified atom stereocenters. The van der Waals surface area contributed by atoms with Crippen molar-refractivity contribution in [3.8, 4) is 0 Å². The molecule has 7 heteroatoms. The summed E-state index contributed by atoms with van der Waals surface area (Å²) in [5.74, 6) is 0.300. The molecule has 0 aromatic rings. The quantitative estimate of drug-likeness (QED) is 0.613. The predicted octanol–water partition coefficient (Wildman–Crippen LogP) is 0.168. The molecule has 1 rings (SSSR count). The van der Waals surface area contributed by atoms with E-state index in [4.69, 9.17) is 10.5 Å². The summed E-state index contributed by atoms with van der Waals surface area (Å²) < 4.78 is 28.1. The van der Waals surface area contributed by atoms with Gasteiger partial charge in [0.1, 0.15) is 0 Å². The third kappa shape index (κ3) is 5.76. The lowest BCUT2D eigenvalue weighted by atomic mass is 10.1. The number of carbonyl (C=O) groups excluding carboxylic acids is 1. The molecule has 0 aromatic carbocycles. The van der Waals surface area contributed by atoms with Crippen molar-refractivity contribution in [2.75, 3.05) is 38.3 Å². The van der Waals surface area contributed by atoms with Crippen molar-refractivity contribution in [2.24, 2.45) is 5.73 Å². The van der Waals surface area contributed by atoms with Gasteiger partial charge < -0.3 is 15.4 Å². The number of amides is 1. The van der Waals surface area contributed by atoms with Gasteiger partial charge in [0.05, 0.1) is 18.1 Å². The summed E-state index contributed by atoms with van der Waals surface area (Å²) in [6.07, 6.45) is 3.66. The van der Waals surface area contributed by atoms with Crippen molar-refractivity contribution in [2.45, 2.75) is 38.1 Å². The topological polar surface area (TPSA) is 89.7 Å². The third-order valence-corrected chi connectivity index (χ3v) is 5.35. The van der Waals surface area contributed by atoms with Crippen LogP contribution in [-0.2, 0) is 19.4 Å². The van der Waals surface area contributed by atoms with Gasteiger partial charge in [-0.15, -0.1) is 0 Å². The molecule has 0 aromatic heterocycles. The number of unbranched alkanes of at least 4 members (excludes halogenated alkanes) is 2. The van der Waals surface area contributed by atoms with Crippen LogP contribution in [0, 0.1) is 0 Å². The molecule has 1 fully saturated rings. The standard InChI is InChI=1S/C13H26N2O4S/c1-19-9-8-15(12-6-10-20(17,18)11-12)13(16)5-3-2-4-7-14/h12H,2-11,14H2,1H3. The summed E-state index contributed by atoms with van der Waals surface area (Å²) in [5.41, 5.74) is 5.42. The summed E-state index contributed by atoms with van der Waals surface area (Å²) in [6, 6.07) is -0.183. The maximum absolute atomic E-state index is 12.3. The molecule has 1 heterocycles. The van der Waals surface area contributed by atoms with Gasteiger partial charge in [0.2, 0.25) is 5.91 Å². The maximum atomic E-state index is 12.3. The fourth-order valence-corrected chi connectivity index (χ4v) is 4.19. The van der Waals surface area contributed by atoms with E-state index in [1.165, 1.54) is 0 Å². The molecular formula is C13H26N2O4S. The maximum Gasteiger partial charge on any atom is 0.222 e. The van der Waals surface area contributed by atoms with Crippen molar-refractivity contribution in [1.29, 1.82) is 0 Å². The van der Waals surface area contributed by atoms with E-state index in [1.54, 1.807) is 12.0 Å². The molecule has 1 aliphatic rings. The van der Waals surface area contributed by atoms with E-state index in [2.05, 4.69) is 0 Å². The van der Waals surface area contributed by atoms with E-state index < -0.39 is 9.84 Å². The van der Waals surface area contributed by atoms with Crippen LogP contribution in [0.2, 0.25) is 0 Å². The average molecular weight is 306 g/mol. The molecule has 118 valence electrons. The van der Waals surface area contributed by atoms with Crippen LogP contribution >= 0.6 is 0 Å². The Hall–Kier alpha value is -0.660. The van der Waals surface area contributed by atoms with Crippen LogP contribution in [0.25, 0.3) is 0 Å². The second-order valence-corrected chi connectivity index (χ2v) is 7.46. The summed E-state index contributed by atoms with van der Waals surface area (Å²) in [5, 5.41) is 0. The van der Waals surface area contributed by atoms with Gasteiger partial charge in [-0.2, -0.15) is 0 Å². The van der Waals surface area contributed by atoms with E-state index >= 15 is 0 Å². The Bertz CT molecular complexity index is 397. The van der Waals surface area contributed by atoms with Gasteiger partial charge in [-0.3, -0.25) is 4.79 Å². The van der Waals surface area contributed by atoms with Crippen molar-refractivity contribution in [3.63, 3.8) is 0 Å². The zero-order chi connectivity index (χ0) is 15.0. The van der Waals surface area contributed by atoms with Crippen LogP contribution < -0.4 is 5.73 Å². The first kappa shape index (κ1) is 17.4. The fourth-order valence-electron chi connectivity index (χ4n) is 2.46. The van der Waals surface area contributed by atoms with Crippen LogP contribution in [0.3, 0.4) is 0 Å². The predicted molar refractivity (Wildman–Crippen MR) is 78.2 cm³/mol. The minimum Gasteiger partial charge on any atom is -0.383 e. The second kappa shape index (κ2) is 8.59. The summed E-state index contributed by atoms with van der Waals surface area (Å²) >= 11 is 0. The largest absolute Gasteiger partial charge is 0.383 e. The van der Waals surface area contributed by atoms with E-state index in [0.717, 1.165) is 19.3 Å². The molecule has 1 amide bonds. The van der Waals surface area contributed by atoms with Gasteiger partial charge in [-0.25, -0.2) is 8.42 Å². The second-order valence-electron chi connectivity index (χ2n) is 5.24. The van der Waals surface area contributed by atoms with Gasteiger partial charge in [0.15, 0.2) is 9.84 Å². The summed E-state index contributed by atoms with van der Waals surface area (Å²) in [7, 11) is -1.40. The molecule has 6 nitrogen and oxygen atoms in total. The normalized spacial score (nSPS) is 21.0. The lowest BCUT2D eigenvalue weighted by Crippen LogP contribution is -2.43. The number of hydrogen-bond acceptors (Lipinski definition) is 5. The molecule has 0 saturated carbocycles. The summed E-state index contributed by atoms with van der Waals surface area (Å²) in [4.78, 5) is 13.9. The van der Waals surface area contributed by atoms with Crippen molar-refractivity contribution < 1.29 is 17.9 Å². The zero-order valence-corrected chi connectivity index (χ0v) is 13.0. The smallest absolute Gasteiger partial charge is 0.222 e. The van der Waals surface area contributed by atoms with Gasteiger partial charge in [0.25, 0.3) is 0 Å². The van der Waals surface area contributed by atoms with Crippen LogP contribution in [0.15, 0.2) is 0 Å². The molecule has 2 N–H and O–H groups in total. The number of hydrogen-bond donors (Lipinski definition) is 1. The van der Waals surface area contributed by atoms with Gasteiger partial charge in [-0.05, 0) is 25.8 Å². The highest BCUT2D eigenvalue weighted by atomic mass is 32.2.